The van der Waals surface area contributed by atoms with Crippen molar-refractivity contribution in [3.8, 4) is 5.75 Å². The highest BCUT2D eigenvalue weighted by molar-refractivity contribution is 14.1. The Bertz CT molecular complexity index is 273. The number of benzene rings is 1. The third kappa shape index (κ3) is 1.83. The SMILES string of the molecule is COc1cc(I)cc(C)c1F. The minimum atomic E-state index is -0.270. The number of methoxy groups -OCH3 is 1. The average Bonchev–Trinajstić information content (AvgIpc) is 1.96. The molecule has 11 heavy (non-hydrogen) atoms. The highest BCUT2D eigenvalue weighted by atomic mass is 127. The average molecular weight is 266 g/mol. The Balaban J connectivity index is 3.24. The van der Waals surface area contributed by atoms with Crippen LogP contribution in [0.3, 0.4) is 0 Å². The topological polar surface area (TPSA) is 9.23 Å². The van der Waals surface area contributed by atoms with Crippen molar-refractivity contribution in [3.63, 3.8) is 0 Å². The molecule has 0 aliphatic rings. The zero-order chi connectivity index (χ0) is 8.43. The van der Waals surface area contributed by atoms with Gasteiger partial charge in [0.05, 0.1) is 7.11 Å². The number of rotatable bonds is 1. The number of hydrogen-bond acceptors (Lipinski definition) is 1. The fourth-order valence-electron chi connectivity index (χ4n) is 0.843. The van der Waals surface area contributed by atoms with Gasteiger partial charge in [-0.1, -0.05) is 0 Å². The second kappa shape index (κ2) is 3.38. The summed E-state index contributed by atoms with van der Waals surface area (Å²) in [6.07, 6.45) is 0. The minimum Gasteiger partial charge on any atom is -0.494 e. The summed E-state index contributed by atoms with van der Waals surface area (Å²) >= 11 is 2.12. The quantitative estimate of drug-likeness (QED) is 0.710. The third-order valence-corrected chi connectivity index (χ3v) is 2.03. The van der Waals surface area contributed by atoms with E-state index < -0.39 is 0 Å². The zero-order valence-electron chi connectivity index (χ0n) is 6.32. The fourth-order valence-corrected chi connectivity index (χ4v) is 1.59. The molecule has 60 valence electrons. The molecule has 0 atom stereocenters. The molecule has 0 spiro atoms. The predicted molar refractivity (Wildman–Crippen MR) is 50.4 cm³/mol. The summed E-state index contributed by atoms with van der Waals surface area (Å²) in [7, 11) is 1.47. The molecule has 0 aromatic heterocycles. The molecule has 1 nitrogen and oxygen atoms in total. The van der Waals surface area contributed by atoms with Crippen molar-refractivity contribution in [3.05, 3.63) is 27.1 Å². The van der Waals surface area contributed by atoms with Crippen LogP contribution in [-0.4, -0.2) is 7.11 Å². The molecular weight excluding hydrogens is 258 g/mol. The van der Waals surface area contributed by atoms with E-state index in [1.807, 2.05) is 0 Å². The van der Waals surface area contributed by atoms with Crippen LogP contribution >= 0.6 is 22.6 Å². The summed E-state index contributed by atoms with van der Waals surface area (Å²) < 4.78 is 18.9. The summed E-state index contributed by atoms with van der Waals surface area (Å²) in [6.45, 7) is 1.72. The normalized spacial score (nSPS) is 9.82. The number of halogens is 2. The maximum Gasteiger partial charge on any atom is 0.168 e. The number of ether oxygens (including phenoxy) is 1. The van der Waals surface area contributed by atoms with Gasteiger partial charge in [0.2, 0.25) is 0 Å². The second-order valence-electron chi connectivity index (χ2n) is 2.24. The molecule has 0 saturated heterocycles. The Hall–Kier alpha value is -0.320. The monoisotopic (exact) mass is 266 g/mol. The standard InChI is InChI=1S/C8H8FIO/c1-5-3-6(10)4-7(11-2)8(5)9/h3-4H,1-2H3. The van der Waals surface area contributed by atoms with Gasteiger partial charge in [-0.15, -0.1) is 0 Å². The molecule has 1 aromatic rings. The lowest BCUT2D eigenvalue weighted by atomic mass is 10.2. The minimum absolute atomic E-state index is 0.270. The Labute approximate surface area is 78.7 Å². The first-order valence-corrected chi connectivity index (χ1v) is 4.22. The summed E-state index contributed by atoms with van der Waals surface area (Å²) in [5, 5.41) is 0. The van der Waals surface area contributed by atoms with Crippen molar-refractivity contribution < 1.29 is 9.13 Å². The van der Waals surface area contributed by atoms with Crippen molar-refractivity contribution in [2.75, 3.05) is 7.11 Å². The van der Waals surface area contributed by atoms with Gasteiger partial charge in [0.1, 0.15) is 0 Å². The van der Waals surface area contributed by atoms with Crippen molar-refractivity contribution in [2.24, 2.45) is 0 Å². The Kier molecular flexibility index (Phi) is 2.70. The van der Waals surface area contributed by atoms with Crippen LogP contribution in [0, 0.1) is 16.3 Å². The van der Waals surface area contributed by atoms with Crippen LogP contribution in [0.15, 0.2) is 12.1 Å². The molecule has 0 aliphatic heterocycles. The smallest absolute Gasteiger partial charge is 0.168 e. The summed E-state index contributed by atoms with van der Waals surface area (Å²) in [6, 6.07) is 3.45. The van der Waals surface area contributed by atoms with Crippen LogP contribution < -0.4 is 4.74 Å². The highest BCUT2D eigenvalue weighted by Crippen LogP contribution is 2.22. The molecule has 1 aromatic carbocycles. The van der Waals surface area contributed by atoms with Gasteiger partial charge >= 0.3 is 0 Å². The third-order valence-electron chi connectivity index (χ3n) is 1.41. The van der Waals surface area contributed by atoms with Gasteiger partial charge in [-0.25, -0.2) is 4.39 Å². The molecule has 0 radical (unpaired) electrons. The van der Waals surface area contributed by atoms with E-state index in [9.17, 15) is 4.39 Å². The van der Waals surface area contributed by atoms with Crippen molar-refractivity contribution in [1.82, 2.24) is 0 Å². The van der Waals surface area contributed by atoms with Crippen molar-refractivity contribution >= 4 is 22.6 Å². The van der Waals surface area contributed by atoms with Crippen LogP contribution in [0.2, 0.25) is 0 Å². The van der Waals surface area contributed by atoms with Gasteiger partial charge in [-0.3, -0.25) is 0 Å². The van der Waals surface area contributed by atoms with E-state index in [4.69, 9.17) is 4.74 Å². The zero-order valence-corrected chi connectivity index (χ0v) is 8.48. The van der Waals surface area contributed by atoms with E-state index in [-0.39, 0.29) is 5.82 Å². The largest absolute Gasteiger partial charge is 0.494 e. The van der Waals surface area contributed by atoms with E-state index in [0.29, 0.717) is 11.3 Å². The van der Waals surface area contributed by atoms with Crippen molar-refractivity contribution in [1.29, 1.82) is 0 Å². The molecule has 0 fully saturated rings. The molecular formula is C8H8FIO. The van der Waals surface area contributed by atoms with E-state index in [1.54, 1.807) is 19.1 Å². The van der Waals surface area contributed by atoms with Crippen LogP contribution in [0.5, 0.6) is 5.75 Å². The number of aryl methyl sites for hydroxylation is 1. The molecule has 0 bridgehead atoms. The molecule has 0 N–H and O–H groups in total. The van der Waals surface area contributed by atoms with Crippen LogP contribution in [0.25, 0.3) is 0 Å². The van der Waals surface area contributed by atoms with Crippen LogP contribution in [0.1, 0.15) is 5.56 Å². The van der Waals surface area contributed by atoms with Crippen molar-refractivity contribution in [2.45, 2.75) is 6.92 Å². The van der Waals surface area contributed by atoms with Crippen LogP contribution in [0.4, 0.5) is 4.39 Å². The van der Waals surface area contributed by atoms with E-state index >= 15 is 0 Å². The summed E-state index contributed by atoms with van der Waals surface area (Å²) in [5.74, 6) is 0.0438. The van der Waals surface area contributed by atoms with E-state index in [0.717, 1.165) is 3.57 Å². The van der Waals surface area contributed by atoms with Gasteiger partial charge in [-0.2, -0.15) is 0 Å². The first kappa shape index (κ1) is 8.77. The first-order valence-electron chi connectivity index (χ1n) is 3.15. The van der Waals surface area contributed by atoms with Crippen LogP contribution in [-0.2, 0) is 0 Å². The lowest BCUT2D eigenvalue weighted by Crippen LogP contribution is -1.91. The lowest BCUT2D eigenvalue weighted by molar-refractivity contribution is 0.384. The van der Waals surface area contributed by atoms with Gasteiger partial charge in [-0.05, 0) is 47.2 Å². The summed E-state index contributed by atoms with van der Waals surface area (Å²) in [5.41, 5.74) is 0.619. The van der Waals surface area contributed by atoms with Gasteiger partial charge < -0.3 is 4.74 Å². The predicted octanol–water partition coefficient (Wildman–Crippen LogP) is 2.75. The summed E-state index contributed by atoms with van der Waals surface area (Å²) in [4.78, 5) is 0. The molecule has 1 rings (SSSR count). The number of hydrogen-bond donors (Lipinski definition) is 0. The molecule has 0 amide bonds. The van der Waals surface area contributed by atoms with E-state index in [1.165, 1.54) is 7.11 Å². The molecule has 0 saturated carbocycles. The second-order valence-corrected chi connectivity index (χ2v) is 3.48. The Morgan fingerprint density at radius 2 is 2.09 bits per heavy atom. The Morgan fingerprint density at radius 3 is 2.64 bits per heavy atom. The highest BCUT2D eigenvalue weighted by Gasteiger charge is 2.05. The Morgan fingerprint density at radius 1 is 1.45 bits per heavy atom. The lowest BCUT2D eigenvalue weighted by Gasteiger charge is -2.04. The first-order chi connectivity index (χ1) is 5.15. The van der Waals surface area contributed by atoms with E-state index in [2.05, 4.69) is 22.6 Å². The molecule has 0 aliphatic carbocycles. The maximum absolute atomic E-state index is 13.1. The molecule has 0 unspecified atom stereocenters. The van der Waals surface area contributed by atoms with Gasteiger partial charge in [0.15, 0.2) is 11.6 Å². The molecule has 0 heterocycles. The maximum atomic E-state index is 13.1. The molecule has 3 heteroatoms. The fraction of sp³-hybridized carbons (Fsp3) is 0.250. The van der Waals surface area contributed by atoms with Gasteiger partial charge in [0, 0.05) is 3.57 Å². The van der Waals surface area contributed by atoms with Gasteiger partial charge in [0.25, 0.3) is 0 Å².